The van der Waals surface area contributed by atoms with E-state index in [1.54, 1.807) is 0 Å². The van der Waals surface area contributed by atoms with Crippen LogP contribution in [0, 0.1) is 0 Å². The summed E-state index contributed by atoms with van der Waals surface area (Å²) in [5.74, 6) is 0. The fourth-order valence-corrected chi connectivity index (χ4v) is 3.94. The summed E-state index contributed by atoms with van der Waals surface area (Å²) in [6.07, 6.45) is 0. The van der Waals surface area contributed by atoms with E-state index in [0.717, 1.165) is 33.6 Å². The van der Waals surface area contributed by atoms with E-state index in [1.807, 2.05) is 48.5 Å². The maximum atomic E-state index is 4.70. The average molecular weight is 411 g/mol. The van der Waals surface area contributed by atoms with Crippen LogP contribution in [0.3, 0.4) is 0 Å². The van der Waals surface area contributed by atoms with Crippen LogP contribution in [0.1, 0.15) is 0 Å². The molecule has 5 aromatic rings. The molecule has 0 fully saturated rings. The zero-order chi connectivity index (χ0) is 21.6. The molecule has 0 heterocycles. The number of rotatable bonds is 5. The Bertz CT molecular complexity index is 1330. The second kappa shape index (κ2) is 9.23. The second-order valence-electron chi connectivity index (χ2n) is 7.52. The average Bonchev–Trinajstić information content (AvgIpc) is 2.89. The van der Waals surface area contributed by atoms with Gasteiger partial charge in [0.05, 0.1) is 11.4 Å². The molecule has 2 heteroatoms. The Morgan fingerprint density at radius 2 is 0.812 bits per heavy atom. The lowest BCUT2D eigenvalue weighted by atomic mass is 9.86. The van der Waals surface area contributed by atoms with E-state index >= 15 is 0 Å². The van der Waals surface area contributed by atoms with Gasteiger partial charge in [-0.25, -0.2) is 0 Å². The molecular formula is C30H22N2. The summed E-state index contributed by atoms with van der Waals surface area (Å²) in [6, 6.07) is 45.6. The number of hydrogen-bond donors (Lipinski definition) is 0. The molecule has 0 saturated carbocycles. The van der Waals surface area contributed by atoms with Crippen molar-refractivity contribution in [2.24, 2.45) is 10.2 Å². The van der Waals surface area contributed by atoms with Crippen molar-refractivity contribution >= 4 is 11.4 Å². The lowest BCUT2D eigenvalue weighted by molar-refractivity contribution is 1.23. The van der Waals surface area contributed by atoms with Crippen molar-refractivity contribution < 1.29 is 0 Å². The fraction of sp³-hybridized carbons (Fsp3) is 0. The molecule has 0 atom stereocenters. The molecule has 5 aromatic carbocycles. The molecular weight excluding hydrogens is 388 g/mol. The molecule has 0 aliphatic carbocycles. The maximum absolute atomic E-state index is 4.70. The minimum atomic E-state index is 0.833. The SMILES string of the molecule is c1ccc(N=Nc2ccc(-c3ccccc3)c(-c3ccccc3)c2-c2ccccc2)cc1. The van der Waals surface area contributed by atoms with Crippen molar-refractivity contribution in [1.82, 2.24) is 0 Å². The lowest BCUT2D eigenvalue weighted by Crippen LogP contribution is -1.91. The van der Waals surface area contributed by atoms with E-state index in [4.69, 9.17) is 5.11 Å². The molecule has 0 aliphatic heterocycles. The molecule has 0 saturated heterocycles. The standard InChI is InChI=1S/C30H22N2/c1-5-13-23(14-6-1)27-21-22-28(32-31-26-19-11-4-12-20-26)30(25-17-9-3-10-18-25)29(27)24-15-7-2-8-16-24/h1-22H. The summed E-state index contributed by atoms with van der Waals surface area (Å²) in [7, 11) is 0. The Labute approximate surface area is 188 Å². The molecule has 5 rings (SSSR count). The van der Waals surface area contributed by atoms with Gasteiger partial charge in [-0.2, -0.15) is 5.11 Å². The summed E-state index contributed by atoms with van der Waals surface area (Å²) >= 11 is 0. The first-order chi connectivity index (χ1) is 15.9. The van der Waals surface area contributed by atoms with Gasteiger partial charge in [0, 0.05) is 5.56 Å². The highest BCUT2D eigenvalue weighted by Gasteiger charge is 2.18. The van der Waals surface area contributed by atoms with E-state index in [-0.39, 0.29) is 0 Å². The van der Waals surface area contributed by atoms with E-state index in [9.17, 15) is 0 Å². The minimum absolute atomic E-state index is 0.833. The molecule has 0 unspecified atom stereocenters. The van der Waals surface area contributed by atoms with E-state index < -0.39 is 0 Å². The molecule has 0 spiro atoms. The molecule has 0 radical (unpaired) electrons. The van der Waals surface area contributed by atoms with E-state index in [2.05, 4.69) is 90.0 Å². The van der Waals surface area contributed by atoms with E-state index in [1.165, 1.54) is 11.1 Å². The highest BCUT2D eigenvalue weighted by atomic mass is 15.1. The Kier molecular flexibility index (Phi) is 5.67. The van der Waals surface area contributed by atoms with Crippen LogP contribution in [0.25, 0.3) is 33.4 Å². The van der Waals surface area contributed by atoms with Crippen molar-refractivity contribution in [1.29, 1.82) is 0 Å². The van der Waals surface area contributed by atoms with Crippen molar-refractivity contribution in [3.8, 4) is 33.4 Å². The van der Waals surface area contributed by atoms with E-state index in [0.29, 0.717) is 0 Å². The van der Waals surface area contributed by atoms with Crippen LogP contribution in [0.15, 0.2) is 144 Å². The Balaban J connectivity index is 1.80. The third-order valence-corrected chi connectivity index (χ3v) is 5.42. The molecule has 0 aromatic heterocycles. The summed E-state index contributed by atoms with van der Waals surface area (Å²) in [4.78, 5) is 0. The number of hydrogen-bond acceptors (Lipinski definition) is 2. The zero-order valence-corrected chi connectivity index (χ0v) is 17.6. The van der Waals surface area contributed by atoms with Gasteiger partial charge in [0.2, 0.25) is 0 Å². The predicted molar refractivity (Wildman–Crippen MR) is 133 cm³/mol. The minimum Gasteiger partial charge on any atom is -0.151 e. The summed E-state index contributed by atoms with van der Waals surface area (Å²) in [6.45, 7) is 0. The van der Waals surface area contributed by atoms with Crippen molar-refractivity contribution in [2.75, 3.05) is 0 Å². The Morgan fingerprint density at radius 1 is 0.344 bits per heavy atom. The monoisotopic (exact) mass is 410 g/mol. The molecule has 152 valence electrons. The lowest BCUT2D eigenvalue weighted by Gasteiger charge is -2.18. The Hall–Kier alpha value is -4.30. The fourth-order valence-electron chi connectivity index (χ4n) is 3.94. The van der Waals surface area contributed by atoms with Gasteiger partial charge in [0.15, 0.2) is 0 Å². The summed E-state index contributed by atoms with van der Waals surface area (Å²) in [5.41, 5.74) is 8.54. The first-order valence-electron chi connectivity index (χ1n) is 10.7. The number of nitrogens with zero attached hydrogens (tertiary/aromatic N) is 2. The summed E-state index contributed by atoms with van der Waals surface area (Å²) in [5, 5.41) is 9.22. The topological polar surface area (TPSA) is 24.7 Å². The number of benzene rings is 5. The third-order valence-electron chi connectivity index (χ3n) is 5.42. The van der Waals surface area contributed by atoms with Gasteiger partial charge in [-0.05, 0) is 46.0 Å². The molecule has 0 amide bonds. The first-order valence-corrected chi connectivity index (χ1v) is 10.7. The highest BCUT2D eigenvalue weighted by Crippen LogP contribution is 2.45. The largest absolute Gasteiger partial charge is 0.151 e. The van der Waals surface area contributed by atoms with Gasteiger partial charge in [0.1, 0.15) is 0 Å². The molecule has 0 N–H and O–H groups in total. The predicted octanol–water partition coefficient (Wildman–Crippen LogP) is 9.10. The first kappa shape index (κ1) is 19.7. The third kappa shape index (κ3) is 4.12. The van der Waals surface area contributed by atoms with Gasteiger partial charge >= 0.3 is 0 Å². The molecule has 32 heavy (non-hydrogen) atoms. The molecule has 2 nitrogen and oxygen atoms in total. The van der Waals surface area contributed by atoms with Crippen molar-refractivity contribution in [3.05, 3.63) is 133 Å². The highest BCUT2D eigenvalue weighted by molar-refractivity contribution is 5.99. The van der Waals surface area contributed by atoms with Crippen LogP contribution in [-0.2, 0) is 0 Å². The van der Waals surface area contributed by atoms with Crippen LogP contribution >= 0.6 is 0 Å². The summed E-state index contributed by atoms with van der Waals surface area (Å²) < 4.78 is 0. The molecule has 0 bridgehead atoms. The van der Waals surface area contributed by atoms with Gasteiger partial charge in [-0.1, -0.05) is 115 Å². The van der Waals surface area contributed by atoms with Gasteiger partial charge in [-0.3, -0.25) is 0 Å². The smallest absolute Gasteiger partial charge is 0.0942 e. The normalized spacial score (nSPS) is 11.0. The van der Waals surface area contributed by atoms with Crippen LogP contribution in [0.5, 0.6) is 0 Å². The molecule has 0 aliphatic rings. The van der Waals surface area contributed by atoms with Crippen LogP contribution < -0.4 is 0 Å². The zero-order valence-electron chi connectivity index (χ0n) is 17.6. The van der Waals surface area contributed by atoms with Crippen molar-refractivity contribution in [3.63, 3.8) is 0 Å². The Morgan fingerprint density at radius 3 is 1.38 bits per heavy atom. The van der Waals surface area contributed by atoms with Crippen molar-refractivity contribution in [2.45, 2.75) is 0 Å². The van der Waals surface area contributed by atoms with Gasteiger partial charge < -0.3 is 0 Å². The van der Waals surface area contributed by atoms with Crippen LogP contribution in [0.2, 0.25) is 0 Å². The second-order valence-corrected chi connectivity index (χ2v) is 7.52. The quantitative estimate of drug-likeness (QED) is 0.258. The van der Waals surface area contributed by atoms with Gasteiger partial charge in [0.25, 0.3) is 0 Å². The van der Waals surface area contributed by atoms with Crippen LogP contribution in [-0.4, -0.2) is 0 Å². The van der Waals surface area contributed by atoms with Crippen LogP contribution in [0.4, 0.5) is 11.4 Å². The maximum Gasteiger partial charge on any atom is 0.0942 e. The number of azo groups is 1. The van der Waals surface area contributed by atoms with Gasteiger partial charge in [-0.15, -0.1) is 5.11 Å².